The predicted molar refractivity (Wildman–Crippen MR) is 111 cm³/mol. The molecule has 1 saturated heterocycles. The number of aliphatic hydroxyl groups is 1. The van der Waals surface area contributed by atoms with E-state index in [1.807, 2.05) is 6.92 Å². The van der Waals surface area contributed by atoms with Crippen LogP contribution in [0.4, 0.5) is 0 Å². The van der Waals surface area contributed by atoms with E-state index in [-0.39, 0.29) is 34.3 Å². The van der Waals surface area contributed by atoms with Gasteiger partial charge in [-0.1, -0.05) is 34.1 Å². The fourth-order valence-corrected chi connectivity index (χ4v) is 8.78. The third-order valence-corrected chi connectivity index (χ3v) is 9.68. The van der Waals surface area contributed by atoms with E-state index in [9.17, 15) is 14.7 Å². The Bertz CT molecular complexity index is 720. The molecule has 0 aromatic carbocycles. The zero-order valence-electron chi connectivity index (χ0n) is 17.1. The van der Waals surface area contributed by atoms with E-state index in [1.165, 1.54) is 0 Å². The number of hydrogen-bond donors (Lipinski definition) is 1. The Kier molecular flexibility index (Phi) is 5.11. The summed E-state index contributed by atoms with van der Waals surface area (Å²) in [7, 11) is 0. The molecular weight excluding hydrogens is 396 g/mol. The molecule has 0 aromatic heterocycles. The van der Waals surface area contributed by atoms with Gasteiger partial charge < -0.3 is 14.6 Å². The summed E-state index contributed by atoms with van der Waals surface area (Å²) in [5.74, 6) is -0.550. The first-order valence-corrected chi connectivity index (χ1v) is 12.1. The van der Waals surface area contributed by atoms with Gasteiger partial charge in [0.15, 0.2) is 5.44 Å². The summed E-state index contributed by atoms with van der Waals surface area (Å²) in [6, 6.07) is 0. The molecule has 156 valence electrons. The molecule has 2 aliphatic carbocycles. The Labute approximate surface area is 175 Å². The number of ether oxygens (including phenoxy) is 2. The van der Waals surface area contributed by atoms with Gasteiger partial charge in [-0.25, -0.2) is 4.79 Å². The average Bonchev–Trinajstić information content (AvgIpc) is 2.86. The van der Waals surface area contributed by atoms with E-state index < -0.39 is 27.8 Å². The summed E-state index contributed by atoms with van der Waals surface area (Å²) in [6.07, 6.45) is 2.79. The van der Waals surface area contributed by atoms with Gasteiger partial charge in [0.2, 0.25) is 0 Å². The molecule has 0 bridgehead atoms. The van der Waals surface area contributed by atoms with Gasteiger partial charge in [0, 0.05) is 22.5 Å². The van der Waals surface area contributed by atoms with Crippen molar-refractivity contribution in [3.63, 3.8) is 0 Å². The minimum Gasteiger partial charge on any atom is -0.459 e. The molecule has 7 heteroatoms. The lowest BCUT2D eigenvalue weighted by Crippen LogP contribution is -2.66. The van der Waals surface area contributed by atoms with Crippen LogP contribution in [-0.4, -0.2) is 49.9 Å². The molecule has 0 aromatic rings. The first kappa shape index (κ1) is 20.6. The van der Waals surface area contributed by atoms with Crippen LogP contribution in [0, 0.1) is 17.3 Å². The fraction of sp³-hybridized carbons (Fsp3) is 0.810. The number of rotatable bonds is 4. The summed E-state index contributed by atoms with van der Waals surface area (Å²) in [5, 5.41) is 12.1. The molecule has 3 fully saturated rings. The van der Waals surface area contributed by atoms with E-state index >= 15 is 0 Å². The molecule has 1 N–H and O–H groups in total. The molecule has 0 spiro atoms. The SMILES string of the molecule is CC(C)SC1OC(=O)C=C2C3CCCC4(C)C(=O)OC(C34)C(O)C21SC(C)C. The molecule has 2 heterocycles. The second-order valence-corrected chi connectivity index (χ2v) is 12.8. The van der Waals surface area contributed by atoms with Gasteiger partial charge in [-0.2, -0.15) is 0 Å². The number of aliphatic hydroxyl groups excluding tert-OH is 1. The number of esters is 2. The maximum absolute atomic E-state index is 12.8. The molecule has 0 radical (unpaired) electrons. The van der Waals surface area contributed by atoms with Gasteiger partial charge in [0.1, 0.15) is 17.0 Å². The third kappa shape index (κ3) is 2.79. The Morgan fingerprint density at radius 3 is 2.54 bits per heavy atom. The van der Waals surface area contributed by atoms with Crippen molar-refractivity contribution in [2.24, 2.45) is 17.3 Å². The highest BCUT2D eigenvalue weighted by atomic mass is 32.2. The largest absolute Gasteiger partial charge is 0.459 e. The van der Waals surface area contributed by atoms with Crippen LogP contribution in [0.25, 0.3) is 0 Å². The number of hydrogen-bond acceptors (Lipinski definition) is 7. The number of fused-ring (bicyclic) bond motifs is 2. The van der Waals surface area contributed by atoms with Crippen molar-refractivity contribution in [2.45, 2.75) is 86.8 Å². The summed E-state index contributed by atoms with van der Waals surface area (Å²) < 4.78 is 10.9. The molecule has 2 saturated carbocycles. The number of cyclic esters (lactones) is 1. The van der Waals surface area contributed by atoms with Crippen LogP contribution in [0.15, 0.2) is 11.6 Å². The van der Waals surface area contributed by atoms with Gasteiger partial charge in [-0.05, 0) is 31.3 Å². The van der Waals surface area contributed by atoms with E-state index in [0.717, 1.165) is 24.8 Å². The van der Waals surface area contributed by atoms with Gasteiger partial charge in [0.25, 0.3) is 0 Å². The third-order valence-electron chi connectivity index (χ3n) is 6.72. The second-order valence-electron chi connectivity index (χ2n) is 9.27. The Morgan fingerprint density at radius 2 is 1.89 bits per heavy atom. The standard InChI is InChI=1S/C21H30O5S2/c1-10(2)27-19-21(28-11(3)4)13(9-14(22)25-19)12-7-6-8-20(5)15(12)16(17(21)23)26-18(20)24/h9-12,15-17,19,23H,6-8H2,1-5H3. The van der Waals surface area contributed by atoms with E-state index in [4.69, 9.17) is 9.47 Å². The summed E-state index contributed by atoms with van der Waals surface area (Å²) in [4.78, 5) is 25.4. The molecule has 2 aliphatic heterocycles. The highest BCUT2D eigenvalue weighted by Crippen LogP contribution is 2.65. The lowest BCUT2D eigenvalue weighted by Gasteiger charge is -2.57. The fourth-order valence-electron chi connectivity index (χ4n) is 5.76. The van der Waals surface area contributed by atoms with Crippen LogP contribution in [0.3, 0.4) is 0 Å². The lowest BCUT2D eigenvalue weighted by atomic mass is 9.54. The molecule has 28 heavy (non-hydrogen) atoms. The quantitative estimate of drug-likeness (QED) is 0.689. The van der Waals surface area contributed by atoms with Crippen molar-refractivity contribution in [1.29, 1.82) is 0 Å². The topological polar surface area (TPSA) is 72.8 Å². The average molecular weight is 427 g/mol. The first-order valence-electron chi connectivity index (χ1n) is 10.3. The van der Waals surface area contributed by atoms with E-state index in [0.29, 0.717) is 0 Å². The highest BCUT2D eigenvalue weighted by Gasteiger charge is 2.71. The summed E-state index contributed by atoms with van der Waals surface area (Å²) >= 11 is 3.22. The van der Waals surface area contributed by atoms with Gasteiger partial charge in [-0.3, -0.25) is 4.79 Å². The zero-order chi connectivity index (χ0) is 20.4. The zero-order valence-corrected chi connectivity index (χ0v) is 18.8. The van der Waals surface area contributed by atoms with E-state index in [2.05, 4.69) is 27.7 Å². The normalized spacial score (nSPS) is 44.7. The van der Waals surface area contributed by atoms with Crippen molar-refractivity contribution < 1.29 is 24.2 Å². The minimum atomic E-state index is -0.902. The number of carbonyl (C=O) groups is 2. The van der Waals surface area contributed by atoms with E-state index in [1.54, 1.807) is 29.6 Å². The van der Waals surface area contributed by atoms with Gasteiger partial charge in [-0.15, -0.1) is 23.5 Å². The monoisotopic (exact) mass is 426 g/mol. The van der Waals surface area contributed by atoms with Crippen LogP contribution in [-0.2, 0) is 19.1 Å². The molecule has 5 nitrogen and oxygen atoms in total. The summed E-state index contributed by atoms with van der Waals surface area (Å²) in [5.41, 5.74) is -0.110. The molecule has 7 atom stereocenters. The minimum absolute atomic E-state index is 0.0629. The Balaban J connectivity index is 1.89. The smallest absolute Gasteiger partial charge is 0.331 e. The predicted octanol–water partition coefficient (Wildman–Crippen LogP) is 3.54. The molecule has 7 unspecified atom stereocenters. The second kappa shape index (κ2) is 6.95. The first-order chi connectivity index (χ1) is 13.1. The number of carbonyl (C=O) groups excluding carboxylic acids is 2. The van der Waals surface area contributed by atoms with Gasteiger partial charge >= 0.3 is 11.9 Å². The van der Waals surface area contributed by atoms with Crippen molar-refractivity contribution >= 4 is 35.5 Å². The van der Waals surface area contributed by atoms with Crippen molar-refractivity contribution in [2.75, 3.05) is 0 Å². The van der Waals surface area contributed by atoms with Gasteiger partial charge in [0.05, 0.1) is 5.41 Å². The Morgan fingerprint density at radius 1 is 1.18 bits per heavy atom. The van der Waals surface area contributed by atoms with Crippen LogP contribution >= 0.6 is 23.5 Å². The van der Waals surface area contributed by atoms with Crippen molar-refractivity contribution in [3.05, 3.63) is 11.6 Å². The maximum atomic E-state index is 12.8. The lowest BCUT2D eigenvalue weighted by molar-refractivity contribution is -0.155. The van der Waals surface area contributed by atoms with Crippen LogP contribution in [0.2, 0.25) is 0 Å². The van der Waals surface area contributed by atoms with Crippen molar-refractivity contribution in [3.8, 4) is 0 Å². The maximum Gasteiger partial charge on any atom is 0.331 e. The molecule has 4 aliphatic rings. The molecule has 0 amide bonds. The van der Waals surface area contributed by atoms with Crippen LogP contribution < -0.4 is 0 Å². The number of thioether (sulfide) groups is 2. The Hall–Kier alpha value is -0.660. The van der Waals surface area contributed by atoms with Crippen molar-refractivity contribution in [1.82, 2.24) is 0 Å². The van der Waals surface area contributed by atoms with Crippen LogP contribution in [0.1, 0.15) is 53.9 Å². The highest BCUT2D eigenvalue weighted by molar-refractivity contribution is 8.05. The molecule has 4 rings (SSSR count). The summed E-state index contributed by atoms with van der Waals surface area (Å²) in [6.45, 7) is 10.3. The molecular formula is C21H30O5S2. The van der Waals surface area contributed by atoms with Crippen LogP contribution in [0.5, 0.6) is 0 Å².